The number of rotatable bonds is 3. The van der Waals surface area contributed by atoms with Crippen LogP contribution in [0.2, 0.25) is 0 Å². The highest BCUT2D eigenvalue weighted by Gasteiger charge is 2.05. The zero-order valence-electron chi connectivity index (χ0n) is 9.14. The Balaban J connectivity index is 2.69. The van der Waals surface area contributed by atoms with Crippen molar-refractivity contribution in [3.8, 4) is 0 Å². The Morgan fingerprint density at radius 2 is 2.19 bits per heavy atom. The number of thioether (sulfide) groups is 1. The molecule has 3 heteroatoms. The Morgan fingerprint density at radius 3 is 2.94 bits per heavy atom. The standard InChI is InChI=1S/C13H13NOS/c1-3-8-16-12-9-13(15)14(2)11-7-5-4-6-10(11)12/h3-7,9H,1,8H2,2H3. The molecule has 82 valence electrons. The van der Waals surface area contributed by atoms with Crippen LogP contribution in [0.4, 0.5) is 0 Å². The number of benzene rings is 1. The van der Waals surface area contributed by atoms with Gasteiger partial charge in [-0.05, 0) is 6.07 Å². The quantitative estimate of drug-likeness (QED) is 0.598. The van der Waals surface area contributed by atoms with Crippen molar-refractivity contribution in [3.05, 3.63) is 53.3 Å². The first-order valence-electron chi connectivity index (χ1n) is 5.06. The smallest absolute Gasteiger partial charge is 0.251 e. The van der Waals surface area contributed by atoms with E-state index >= 15 is 0 Å². The summed E-state index contributed by atoms with van der Waals surface area (Å²) in [5, 5.41) is 1.12. The number of nitrogens with zero attached hydrogens (tertiary/aromatic N) is 1. The van der Waals surface area contributed by atoms with Crippen molar-refractivity contribution in [1.82, 2.24) is 4.57 Å². The highest BCUT2D eigenvalue weighted by atomic mass is 32.2. The Kier molecular flexibility index (Phi) is 3.15. The third-order valence-electron chi connectivity index (χ3n) is 2.47. The Bertz CT molecular complexity index is 586. The van der Waals surface area contributed by atoms with Crippen molar-refractivity contribution in [1.29, 1.82) is 0 Å². The fourth-order valence-corrected chi connectivity index (χ4v) is 2.46. The summed E-state index contributed by atoms with van der Waals surface area (Å²) >= 11 is 1.64. The minimum absolute atomic E-state index is 0.0327. The van der Waals surface area contributed by atoms with E-state index < -0.39 is 0 Å². The van der Waals surface area contributed by atoms with Gasteiger partial charge < -0.3 is 4.57 Å². The van der Waals surface area contributed by atoms with Crippen LogP contribution in [0.15, 0.2) is 52.7 Å². The van der Waals surface area contributed by atoms with Crippen molar-refractivity contribution >= 4 is 22.7 Å². The SMILES string of the molecule is C=CCSc1cc(=O)n(C)c2ccccc12. The zero-order chi connectivity index (χ0) is 11.5. The molecular formula is C13H13NOS. The van der Waals surface area contributed by atoms with Crippen LogP contribution in [0.1, 0.15) is 0 Å². The molecule has 0 unspecified atom stereocenters. The van der Waals surface area contributed by atoms with Crippen LogP contribution in [0.3, 0.4) is 0 Å². The molecule has 0 bridgehead atoms. The van der Waals surface area contributed by atoms with Crippen molar-refractivity contribution in [2.24, 2.45) is 7.05 Å². The number of hydrogen-bond donors (Lipinski definition) is 0. The molecule has 0 spiro atoms. The van der Waals surface area contributed by atoms with Crippen LogP contribution in [0.25, 0.3) is 10.9 Å². The first-order valence-corrected chi connectivity index (χ1v) is 6.05. The summed E-state index contributed by atoms with van der Waals surface area (Å²) in [7, 11) is 1.80. The average molecular weight is 231 g/mol. The molecule has 1 heterocycles. The lowest BCUT2D eigenvalue weighted by atomic mass is 10.2. The number of aryl methyl sites for hydroxylation is 1. The molecule has 0 saturated heterocycles. The molecule has 0 atom stereocenters. The summed E-state index contributed by atoms with van der Waals surface area (Å²) in [6, 6.07) is 9.64. The van der Waals surface area contributed by atoms with Crippen LogP contribution in [0, 0.1) is 0 Å². The molecule has 16 heavy (non-hydrogen) atoms. The lowest BCUT2D eigenvalue weighted by Gasteiger charge is -2.08. The molecule has 2 rings (SSSR count). The van der Waals surface area contributed by atoms with Gasteiger partial charge in [0.05, 0.1) is 5.52 Å². The molecule has 1 aromatic heterocycles. The van der Waals surface area contributed by atoms with E-state index in [2.05, 4.69) is 6.58 Å². The van der Waals surface area contributed by atoms with Crippen LogP contribution in [-0.2, 0) is 7.05 Å². The lowest BCUT2D eigenvalue weighted by Crippen LogP contribution is -2.16. The molecule has 2 aromatic rings. The van der Waals surface area contributed by atoms with Crippen molar-refractivity contribution in [3.63, 3.8) is 0 Å². The minimum Gasteiger partial charge on any atom is -0.311 e. The Morgan fingerprint density at radius 1 is 1.44 bits per heavy atom. The second-order valence-corrected chi connectivity index (χ2v) is 4.58. The van der Waals surface area contributed by atoms with Gasteiger partial charge in [0.15, 0.2) is 0 Å². The molecule has 2 nitrogen and oxygen atoms in total. The topological polar surface area (TPSA) is 22.0 Å². The molecule has 0 aliphatic rings. The zero-order valence-corrected chi connectivity index (χ0v) is 9.96. The van der Waals surface area contributed by atoms with E-state index in [-0.39, 0.29) is 5.56 Å². The summed E-state index contributed by atoms with van der Waals surface area (Å²) in [5.41, 5.74) is 1.01. The highest BCUT2D eigenvalue weighted by Crippen LogP contribution is 2.25. The van der Waals surface area contributed by atoms with Gasteiger partial charge in [0, 0.05) is 29.1 Å². The Hall–Kier alpha value is -1.48. The van der Waals surface area contributed by atoms with Gasteiger partial charge in [-0.15, -0.1) is 18.3 Å². The molecular weight excluding hydrogens is 218 g/mol. The third kappa shape index (κ3) is 1.91. The maximum Gasteiger partial charge on any atom is 0.251 e. The second-order valence-electron chi connectivity index (χ2n) is 3.52. The predicted molar refractivity (Wildman–Crippen MR) is 70.1 cm³/mol. The molecule has 1 aromatic carbocycles. The first kappa shape index (κ1) is 11.0. The first-order chi connectivity index (χ1) is 7.74. The number of fused-ring (bicyclic) bond motifs is 1. The van der Waals surface area contributed by atoms with E-state index in [9.17, 15) is 4.79 Å². The van der Waals surface area contributed by atoms with Gasteiger partial charge >= 0.3 is 0 Å². The summed E-state index contributed by atoms with van der Waals surface area (Å²) in [4.78, 5) is 12.8. The number of para-hydroxylation sites is 1. The molecule has 0 fully saturated rings. The molecule has 0 amide bonds. The second kappa shape index (κ2) is 4.58. The fraction of sp³-hybridized carbons (Fsp3) is 0.154. The maximum absolute atomic E-state index is 11.7. The summed E-state index contributed by atoms with van der Waals surface area (Å²) in [6.07, 6.45) is 1.84. The van der Waals surface area contributed by atoms with Crippen molar-refractivity contribution in [2.45, 2.75) is 4.90 Å². The van der Waals surface area contributed by atoms with Gasteiger partial charge in [0.1, 0.15) is 0 Å². The monoisotopic (exact) mass is 231 g/mol. The lowest BCUT2D eigenvalue weighted by molar-refractivity contribution is 0.898. The maximum atomic E-state index is 11.7. The fourth-order valence-electron chi connectivity index (χ4n) is 1.65. The van der Waals surface area contributed by atoms with E-state index in [4.69, 9.17) is 0 Å². The van der Waals surface area contributed by atoms with Crippen molar-refractivity contribution < 1.29 is 0 Å². The van der Waals surface area contributed by atoms with Crippen LogP contribution >= 0.6 is 11.8 Å². The molecule has 0 aliphatic carbocycles. The van der Waals surface area contributed by atoms with E-state index in [1.807, 2.05) is 30.3 Å². The summed E-state index contributed by atoms with van der Waals surface area (Å²) < 4.78 is 1.67. The van der Waals surface area contributed by atoms with Gasteiger partial charge in [-0.3, -0.25) is 4.79 Å². The van der Waals surface area contributed by atoms with E-state index in [1.165, 1.54) is 0 Å². The molecule has 0 N–H and O–H groups in total. The molecule has 0 aliphatic heterocycles. The van der Waals surface area contributed by atoms with E-state index in [0.717, 1.165) is 21.6 Å². The predicted octanol–water partition coefficient (Wildman–Crippen LogP) is 2.82. The number of aromatic nitrogens is 1. The van der Waals surface area contributed by atoms with Crippen LogP contribution in [-0.4, -0.2) is 10.3 Å². The largest absolute Gasteiger partial charge is 0.311 e. The van der Waals surface area contributed by atoms with Gasteiger partial charge in [0.25, 0.3) is 5.56 Å². The van der Waals surface area contributed by atoms with Gasteiger partial charge in [-0.25, -0.2) is 0 Å². The van der Waals surface area contributed by atoms with Crippen LogP contribution in [0.5, 0.6) is 0 Å². The minimum atomic E-state index is 0.0327. The van der Waals surface area contributed by atoms with E-state index in [0.29, 0.717) is 0 Å². The summed E-state index contributed by atoms with van der Waals surface area (Å²) in [5.74, 6) is 0.817. The number of hydrogen-bond acceptors (Lipinski definition) is 2. The molecule has 0 saturated carbocycles. The van der Waals surface area contributed by atoms with Gasteiger partial charge in [0.2, 0.25) is 0 Å². The number of pyridine rings is 1. The van der Waals surface area contributed by atoms with Crippen LogP contribution < -0.4 is 5.56 Å². The highest BCUT2D eigenvalue weighted by molar-refractivity contribution is 7.99. The third-order valence-corrected chi connectivity index (χ3v) is 3.52. The van der Waals surface area contributed by atoms with Gasteiger partial charge in [-0.2, -0.15) is 0 Å². The van der Waals surface area contributed by atoms with Gasteiger partial charge in [-0.1, -0.05) is 24.3 Å². The normalized spacial score (nSPS) is 10.6. The van der Waals surface area contributed by atoms with Crippen molar-refractivity contribution in [2.75, 3.05) is 5.75 Å². The average Bonchev–Trinajstić information content (AvgIpc) is 2.32. The summed E-state index contributed by atoms with van der Waals surface area (Å²) in [6.45, 7) is 3.69. The Labute approximate surface area is 98.6 Å². The molecule has 0 radical (unpaired) electrons. The van der Waals surface area contributed by atoms with E-state index in [1.54, 1.807) is 29.4 Å².